The molecule has 9 nitrogen and oxygen atoms in total. The number of benzene rings is 2. The Morgan fingerprint density at radius 2 is 0.882 bits per heavy atom. The molecule has 0 aliphatic rings. The van der Waals surface area contributed by atoms with Crippen molar-refractivity contribution in [3.63, 3.8) is 0 Å². The monoisotopic (exact) mass is 471 g/mol. The number of ether oxygens (including phenoxy) is 4. The molecule has 9 heteroatoms. The third-order valence-corrected chi connectivity index (χ3v) is 4.47. The minimum absolute atomic E-state index is 0.175. The highest BCUT2D eigenvalue weighted by molar-refractivity contribution is 5.97. The van der Waals surface area contributed by atoms with Gasteiger partial charge in [-0.15, -0.1) is 0 Å². The van der Waals surface area contributed by atoms with Crippen molar-refractivity contribution in [1.29, 1.82) is 0 Å². The van der Waals surface area contributed by atoms with Crippen LogP contribution >= 0.6 is 0 Å². The van der Waals surface area contributed by atoms with Crippen molar-refractivity contribution in [2.75, 3.05) is 31.7 Å². The molecule has 0 saturated heterocycles. The number of nitrogens with one attached hydrogen (secondary N) is 1. The SMILES string of the molecule is CCOC(=O)c1cc(CNc2cc(C(=O)OCC)cc(C(=O)OCC)c2)cc(C(=O)OCC)c1. The van der Waals surface area contributed by atoms with Gasteiger partial charge in [0.05, 0.1) is 48.7 Å². The largest absolute Gasteiger partial charge is 0.462 e. The molecule has 0 bridgehead atoms. The van der Waals surface area contributed by atoms with Crippen molar-refractivity contribution in [2.45, 2.75) is 34.2 Å². The summed E-state index contributed by atoms with van der Waals surface area (Å²) in [6, 6.07) is 9.09. The Morgan fingerprint density at radius 1 is 0.559 bits per heavy atom. The average Bonchev–Trinajstić information content (AvgIpc) is 2.83. The number of anilines is 1. The van der Waals surface area contributed by atoms with Gasteiger partial charge in [0.2, 0.25) is 0 Å². The van der Waals surface area contributed by atoms with Gasteiger partial charge in [-0.25, -0.2) is 19.2 Å². The van der Waals surface area contributed by atoms with Crippen molar-refractivity contribution in [1.82, 2.24) is 0 Å². The van der Waals surface area contributed by atoms with E-state index in [0.29, 0.717) is 11.3 Å². The van der Waals surface area contributed by atoms with E-state index in [-0.39, 0.29) is 55.2 Å². The van der Waals surface area contributed by atoms with Crippen LogP contribution in [0.2, 0.25) is 0 Å². The number of rotatable bonds is 11. The Balaban J connectivity index is 2.37. The fourth-order valence-electron chi connectivity index (χ4n) is 3.06. The van der Waals surface area contributed by atoms with E-state index in [1.807, 2.05) is 0 Å². The Morgan fingerprint density at radius 3 is 1.21 bits per heavy atom. The summed E-state index contributed by atoms with van der Waals surface area (Å²) in [6.07, 6.45) is 0. The van der Waals surface area contributed by atoms with Gasteiger partial charge in [0.1, 0.15) is 0 Å². The number of esters is 4. The zero-order valence-electron chi connectivity index (χ0n) is 19.8. The summed E-state index contributed by atoms with van der Waals surface area (Å²) < 4.78 is 20.2. The molecule has 0 heterocycles. The minimum Gasteiger partial charge on any atom is -0.462 e. The quantitative estimate of drug-likeness (QED) is 0.383. The van der Waals surface area contributed by atoms with Crippen LogP contribution in [-0.2, 0) is 25.5 Å². The molecule has 2 aromatic carbocycles. The summed E-state index contributed by atoms with van der Waals surface area (Å²) in [5, 5.41) is 3.11. The van der Waals surface area contributed by atoms with Gasteiger partial charge in [-0.3, -0.25) is 0 Å². The lowest BCUT2D eigenvalue weighted by molar-refractivity contribution is 0.0506. The lowest BCUT2D eigenvalue weighted by atomic mass is 10.0. The molecule has 0 aliphatic carbocycles. The smallest absolute Gasteiger partial charge is 0.338 e. The maximum atomic E-state index is 12.3. The van der Waals surface area contributed by atoms with Crippen molar-refractivity contribution < 1.29 is 38.1 Å². The van der Waals surface area contributed by atoms with E-state index in [4.69, 9.17) is 18.9 Å². The topological polar surface area (TPSA) is 117 Å². The van der Waals surface area contributed by atoms with Crippen LogP contribution in [0.1, 0.15) is 74.7 Å². The van der Waals surface area contributed by atoms with Crippen LogP contribution in [0, 0.1) is 0 Å². The Kier molecular flexibility index (Phi) is 10.1. The first-order chi connectivity index (χ1) is 16.3. The van der Waals surface area contributed by atoms with E-state index >= 15 is 0 Å². The number of hydrogen-bond donors (Lipinski definition) is 1. The number of carbonyl (C=O) groups excluding carboxylic acids is 4. The normalized spacial score (nSPS) is 10.2. The fraction of sp³-hybridized carbons (Fsp3) is 0.360. The van der Waals surface area contributed by atoms with E-state index < -0.39 is 23.9 Å². The van der Waals surface area contributed by atoms with Gasteiger partial charge < -0.3 is 24.3 Å². The molecule has 2 aromatic rings. The van der Waals surface area contributed by atoms with Crippen LogP contribution in [0.25, 0.3) is 0 Å². The summed E-state index contributed by atoms with van der Waals surface area (Å²) in [4.78, 5) is 49.1. The van der Waals surface area contributed by atoms with Crippen LogP contribution in [0.4, 0.5) is 5.69 Å². The van der Waals surface area contributed by atoms with Crippen LogP contribution in [0.15, 0.2) is 36.4 Å². The molecule has 0 saturated carbocycles. The highest BCUT2D eigenvalue weighted by Gasteiger charge is 2.17. The second-order valence-electron chi connectivity index (χ2n) is 6.95. The molecule has 1 N–H and O–H groups in total. The first-order valence-electron chi connectivity index (χ1n) is 11.0. The van der Waals surface area contributed by atoms with Crippen LogP contribution < -0.4 is 5.32 Å². The average molecular weight is 472 g/mol. The molecular formula is C25H29NO8. The van der Waals surface area contributed by atoms with Crippen molar-refractivity contribution in [3.8, 4) is 0 Å². The van der Waals surface area contributed by atoms with Gasteiger partial charge in [0, 0.05) is 12.2 Å². The van der Waals surface area contributed by atoms with Crippen molar-refractivity contribution in [2.24, 2.45) is 0 Å². The van der Waals surface area contributed by atoms with Crippen LogP contribution in [0.3, 0.4) is 0 Å². The van der Waals surface area contributed by atoms with Gasteiger partial charge in [-0.2, -0.15) is 0 Å². The van der Waals surface area contributed by atoms with E-state index in [0.717, 1.165) is 0 Å². The lowest BCUT2D eigenvalue weighted by Crippen LogP contribution is -2.12. The molecule has 0 aromatic heterocycles. The van der Waals surface area contributed by atoms with Crippen LogP contribution in [-0.4, -0.2) is 50.3 Å². The van der Waals surface area contributed by atoms with Crippen molar-refractivity contribution in [3.05, 3.63) is 64.2 Å². The molecule has 0 radical (unpaired) electrons. The van der Waals surface area contributed by atoms with E-state index in [1.54, 1.807) is 52.0 Å². The van der Waals surface area contributed by atoms with Crippen LogP contribution in [0.5, 0.6) is 0 Å². The summed E-state index contributed by atoms with van der Waals surface area (Å²) in [6.45, 7) is 7.66. The van der Waals surface area contributed by atoms with Crippen molar-refractivity contribution >= 4 is 29.6 Å². The van der Waals surface area contributed by atoms with Gasteiger partial charge in [-0.1, -0.05) is 0 Å². The van der Waals surface area contributed by atoms with E-state index in [1.165, 1.54) is 12.1 Å². The second kappa shape index (κ2) is 13.0. The highest BCUT2D eigenvalue weighted by atomic mass is 16.5. The maximum Gasteiger partial charge on any atom is 0.338 e. The first-order valence-corrected chi connectivity index (χ1v) is 11.0. The Hall–Kier alpha value is -3.88. The van der Waals surface area contributed by atoms with E-state index in [2.05, 4.69) is 5.32 Å². The highest BCUT2D eigenvalue weighted by Crippen LogP contribution is 2.20. The Labute approximate surface area is 198 Å². The number of hydrogen-bond acceptors (Lipinski definition) is 9. The molecule has 0 aliphatic heterocycles. The molecule has 0 spiro atoms. The summed E-state index contributed by atoms with van der Waals surface area (Å²) >= 11 is 0. The first kappa shape index (κ1) is 26.4. The summed E-state index contributed by atoms with van der Waals surface area (Å²) in [5.74, 6) is -2.29. The van der Waals surface area contributed by atoms with E-state index in [9.17, 15) is 19.2 Å². The molecule has 0 unspecified atom stereocenters. The van der Waals surface area contributed by atoms with Gasteiger partial charge in [-0.05, 0) is 69.7 Å². The van der Waals surface area contributed by atoms with Gasteiger partial charge in [0.15, 0.2) is 0 Å². The molecule has 0 atom stereocenters. The molecule has 0 amide bonds. The zero-order chi connectivity index (χ0) is 25.1. The fourth-order valence-corrected chi connectivity index (χ4v) is 3.06. The molecular weight excluding hydrogens is 442 g/mol. The summed E-state index contributed by atoms with van der Waals surface area (Å²) in [7, 11) is 0. The maximum absolute atomic E-state index is 12.3. The molecule has 34 heavy (non-hydrogen) atoms. The Bertz CT molecular complexity index is 891. The summed E-state index contributed by atoms with van der Waals surface area (Å²) in [5.41, 5.74) is 1.82. The second-order valence-corrected chi connectivity index (χ2v) is 6.95. The predicted octanol–water partition coefficient (Wildman–Crippen LogP) is 4.01. The predicted molar refractivity (Wildman–Crippen MR) is 124 cm³/mol. The zero-order valence-corrected chi connectivity index (χ0v) is 19.8. The standard InChI is InChI=1S/C25H29NO8/c1-5-31-22(27)17-9-16(10-18(11-17)23(28)32-6-2)15-26-21-13-19(24(29)33-7-3)12-20(14-21)25(30)34-8-4/h9-14,26H,5-8,15H2,1-4H3. The third kappa shape index (κ3) is 7.33. The number of carbonyl (C=O) groups is 4. The molecule has 2 rings (SSSR count). The van der Waals surface area contributed by atoms with Gasteiger partial charge in [0.25, 0.3) is 0 Å². The molecule has 0 fully saturated rings. The molecule has 182 valence electrons. The third-order valence-electron chi connectivity index (χ3n) is 4.47. The minimum atomic E-state index is -0.578. The van der Waals surface area contributed by atoms with Gasteiger partial charge >= 0.3 is 23.9 Å². The lowest BCUT2D eigenvalue weighted by Gasteiger charge is -2.13.